The second-order valence-electron chi connectivity index (χ2n) is 2.82. The summed E-state index contributed by atoms with van der Waals surface area (Å²) in [5.41, 5.74) is 1.31. The van der Waals surface area contributed by atoms with Crippen LogP contribution in [0.3, 0.4) is 0 Å². The van der Waals surface area contributed by atoms with Crippen LogP contribution in [0.5, 0.6) is 0 Å². The summed E-state index contributed by atoms with van der Waals surface area (Å²) in [4.78, 5) is 16.1. The molecule has 0 aromatic heterocycles. The quantitative estimate of drug-likeness (QED) is 0.653. The van der Waals surface area contributed by atoms with E-state index in [4.69, 9.17) is 4.84 Å². The minimum Gasteiger partial charge on any atom is -0.272 e. The number of hydrogen-bond donors (Lipinski definition) is 0. The Labute approximate surface area is 74.7 Å². The van der Waals surface area contributed by atoms with Gasteiger partial charge in [-0.15, -0.1) is 0 Å². The van der Waals surface area contributed by atoms with Gasteiger partial charge in [-0.3, -0.25) is 9.63 Å². The van der Waals surface area contributed by atoms with Gasteiger partial charge < -0.3 is 0 Å². The van der Waals surface area contributed by atoms with Crippen LogP contribution in [-0.4, -0.2) is 13.0 Å². The summed E-state index contributed by atoms with van der Waals surface area (Å²) in [5.74, 6) is -0.529. The van der Waals surface area contributed by atoms with Crippen molar-refractivity contribution in [2.45, 2.75) is 6.42 Å². The molecule has 0 radical (unpaired) electrons. The lowest BCUT2D eigenvalue weighted by atomic mass is 10.2. The van der Waals surface area contributed by atoms with E-state index in [9.17, 15) is 9.18 Å². The molecule has 3 nitrogen and oxygen atoms in total. The molecule has 0 bridgehead atoms. The Morgan fingerprint density at radius 2 is 2.31 bits per heavy atom. The third-order valence-electron chi connectivity index (χ3n) is 2.02. The zero-order chi connectivity index (χ0) is 9.42. The van der Waals surface area contributed by atoms with E-state index in [1.54, 1.807) is 6.07 Å². The van der Waals surface area contributed by atoms with Gasteiger partial charge in [-0.2, -0.15) is 5.06 Å². The molecular formula is C9H8FNO2. The van der Waals surface area contributed by atoms with E-state index < -0.39 is 0 Å². The highest BCUT2D eigenvalue weighted by Gasteiger charge is 2.27. The van der Waals surface area contributed by atoms with E-state index >= 15 is 0 Å². The third-order valence-corrected chi connectivity index (χ3v) is 2.02. The van der Waals surface area contributed by atoms with Gasteiger partial charge in [-0.1, -0.05) is 6.07 Å². The van der Waals surface area contributed by atoms with Crippen molar-refractivity contribution in [2.24, 2.45) is 0 Å². The normalized spacial score (nSPS) is 14.9. The van der Waals surface area contributed by atoms with E-state index in [0.29, 0.717) is 5.69 Å². The number of hydrogen-bond acceptors (Lipinski definition) is 2. The lowest BCUT2D eigenvalue weighted by Gasteiger charge is -2.12. The van der Waals surface area contributed by atoms with Gasteiger partial charge in [0.15, 0.2) is 0 Å². The van der Waals surface area contributed by atoms with Gasteiger partial charge in [0, 0.05) is 6.07 Å². The Balaban J connectivity index is 2.50. The Kier molecular flexibility index (Phi) is 1.77. The average molecular weight is 181 g/mol. The number of hydroxylamine groups is 1. The minimum atomic E-state index is -0.365. The van der Waals surface area contributed by atoms with Gasteiger partial charge in [0.25, 0.3) is 5.91 Å². The van der Waals surface area contributed by atoms with E-state index in [1.165, 1.54) is 19.2 Å². The van der Waals surface area contributed by atoms with Crippen LogP contribution in [0.25, 0.3) is 0 Å². The molecule has 0 aliphatic carbocycles. The standard InChI is InChI=1S/C9H8FNO2/c1-13-11-8-5-7(10)3-2-6(8)4-9(11)12/h2-3,5H,4H2,1H3. The number of benzene rings is 1. The number of rotatable bonds is 1. The fourth-order valence-electron chi connectivity index (χ4n) is 1.44. The summed E-state index contributed by atoms with van der Waals surface area (Å²) < 4.78 is 12.8. The molecular weight excluding hydrogens is 173 g/mol. The summed E-state index contributed by atoms with van der Waals surface area (Å²) in [6.07, 6.45) is 0.281. The number of anilines is 1. The van der Waals surface area contributed by atoms with Crippen molar-refractivity contribution >= 4 is 11.6 Å². The fourth-order valence-corrected chi connectivity index (χ4v) is 1.44. The largest absolute Gasteiger partial charge is 0.272 e. The Morgan fingerprint density at radius 1 is 1.54 bits per heavy atom. The number of carbonyl (C=O) groups is 1. The van der Waals surface area contributed by atoms with Crippen LogP contribution in [0.2, 0.25) is 0 Å². The molecule has 0 unspecified atom stereocenters. The molecule has 13 heavy (non-hydrogen) atoms. The second kappa shape index (κ2) is 2.81. The second-order valence-corrected chi connectivity index (χ2v) is 2.82. The zero-order valence-corrected chi connectivity index (χ0v) is 7.08. The predicted octanol–water partition coefficient (Wildman–Crippen LogP) is 1.28. The maximum Gasteiger partial charge on any atom is 0.255 e. The van der Waals surface area contributed by atoms with Crippen LogP contribution in [0, 0.1) is 5.82 Å². The third kappa shape index (κ3) is 1.19. The summed E-state index contributed by atoms with van der Waals surface area (Å²) in [7, 11) is 1.39. The van der Waals surface area contributed by atoms with Crippen LogP contribution < -0.4 is 5.06 Å². The summed E-state index contributed by atoms with van der Waals surface area (Å²) in [6.45, 7) is 0. The molecule has 0 atom stereocenters. The first-order valence-electron chi connectivity index (χ1n) is 3.88. The molecule has 1 amide bonds. The fraction of sp³-hybridized carbons (Fsp3) is 0.222. The molecule has 0 spiro atoms. The van der Waals surface area contributed by atoms with E-state index in [1.807, 2.05) is 0 Å². The van der Waals surface area contributed by atoms with E-state index in [-0.39, 0.29) is 18.1 Å². The first kappa shape index (κ1) is 8.19. The van der Waals surface area contributed by atoms with Gasteiger partial charge in [0.2, 0.25) is 0 Å². The van der Waals surface area contributed by atoms with Crippen LogP contribution in [0.1, 0.15) is 5.56 Å². The van der Waals surface area contributed by atoms with Crippen LogP contribution >= 0.6 is 0 Å². The van der Waals surface area contributed by atoms with Crippen molar-refractivity contribution in [1.82, 2.24) is 0 Å². The molecule has 68 valence electrons. The van der Waals surface area contributed by atoms with Gasteiger partial charge in [0.05, 0.1) is 19.2 Å². The first-order valence-corrected chi connectivity index (χ1v) is 3.88. The van der Waals surface area contributed by atoms with Gasteiger partial charge in [-0.05, 0) is 11.6 Å². The molecule has 0 saturated heterocycles. The smallest absolute Gasteiger partial charge is 0.255 e. The highest BCUT2D eigenvalue weighted by Crippen LogP contribution is 2.29. The van der Waals surface area contributed by atoms with Gasteiger partial charge in [-0.25, -0.2) is 4.39 Å². The molecule has 1 aromatic carbocycles. The monoisotopic (exact) mass is 181 g/mol. The van der Waals surface area contributed by atoms with E-state index in [0.717, 1.165) is 10.6 Å². The molecule has 4 heteroatoms. The number of nitrogens with zero attached hydrogens (tertiary/aromatic N) is 1. The summed E-state index contributed by atoms with van der Waals surface area (Å²) in [5, 5.41) is 1.11. The highest BCUT2D eigenvalue weighted by molar-refractivity contribution is 5.99. The number of fused-ring (bicyclic) bond motifs is 1. The highest BCUT2D eigenvalue weighted by atomic mass is 19.1. The minimum absolute atomic E-state index is 0.164. The molecule has 0 N–H and O–H groups in total. The SMILES string of the molecule is CON1C(=O)Cc2ccc(F)cc21. The molecule has 0 fully saturated rings. The lowest BCUT2D eigenvalue weighted by molar-refractivity contribution is -0.123. The zero-order valence-electron chi connectivity index (χ0n) is 7.08. The number of amides is 1. The number of carbonyl (C=O) groups excluding carboxylic acids is 1. The van der Waals surface area contributed by atoms with Crippen molar-refractivity contribution in [3.05, 3.63) is 29.6 Å². The molecule has 1 aliphatic heterocycles. The van der Waals surface area contributed by atoms with E-state index in [2.05, 4.69) is 0 Å². The first-order chi connectivity index (χ1) is 6.22. The predicted molar refractivity (Wildman–Crippen MR) is 44.6 cm³/mol. The van der Waals surface area contributed by atoms with Gasteiger partial charge >= 0.3 is 0 Å². The van der Waals surface area contributed by atoms with Gasteiger partial charge in [0.1, 0.15) is 5.82 Å². The van der Waals surface area contributed by atoms with Crippen molar-refractivity contribution < 1.29 is 14.0 Å². The van der Waals surface area contributed by atoms with Crippen LogP contribution in [0.4, 0.5) is 10.1 Å². The topological polar surface area (TPSA) is 29.5 Å². The molecule has 0 saturated carbocycles. The maximum atomic E-state index is 12.8. The maximum absolute atomic E-state index is 12.8. The Morgan fingerprint density at radius 3 is 3.00 bits per heavy atom. The molecule has 1 aromatic rings. The number of halogens is 1. The van der Waals surface area contributed by atoms with Crippen molar-refractivity contribution in [1.29, 1.82) is 0 Å². The Hall–Kier alpha value is -1.42. The molecule has 1 aliphatic rings. The van der Waals surface area contributed by atoms with Crippen LogP contribution in [-0.2, 0) is 16.1 Å². The lowest BCUT2D eigenvalue weighted by Crippen LogP contribution is -2.24. The van der Waals surface area contributed by atoms with Crippen molar-refractivity contribution in [2.75, 3.05) is 12.2 Å². The van der Waals surface area contributed by atoms with Crippen LogP contribution in [0.15, 0.2) is 18.2 Å². The van der Waals surface area contributed by atoms with Crippen molar-refractivity contribution in [3.63, 3.8) is 0 Å². The molecule has 2 rings (SSSR count). The molecule has 1 heterocycles. The average Bonchev–Trinajstić information content (AvgIpc) is 2.40. The van der Waals surface area contributed by atoms with Crippen molar-refractivity contribution in [3.8, 4) is 0 Å². The summed E-state index contributed by atoms with van der Waals surface area (Å²) in [6, 6.07) is 4.23. The summed E-state index contributed by atoms with van der Waals surface area (Å²) >= 11 is 0. The Bertz CT molecular complexity index is 365.